The van der Waals surface area contributed by atoms with Crippen molar-refractivity contribution >= 4 is 27.6 Å². The van der Waals surface area contributed by atoms with Gasteiger partial charge in [-0.15, -0.1) is 0 Å². The quantitative estimate of drug-likeness (QED) is 0.665. The molecule has 0 aliphatic carbocycles. The second-order valence-corrected chi connectivity index (χ2v) is 8.46. The van der Waals surface area contributed by atoms with E-state index in [0.29, 0.717) is 5.69 Å². The Kier molecular flexibility index (Phi) is 7.39. The first-order valence-electron chi connectivity index (χ1n) is 9.30. The van der Waals surface area contributed by atoms with Gasteiger partial charge >= 0.3 is 5.97 Å². The number of anilines is 1. The van der Waals surface area contributed by atoms with Gasteiger partial charge in [0.1, 0.15) is 6.54 Å². The van der Waals surface area contributed by atoms with E-state index < -0.39 is 16.0 Å². The molecule has 0 aliphatic heterocycles. The standard InChI is InChI=1S/C21H26N2O5S/c1-5-28-20(24)14-23(15(2)3)21(25)17-10-12-18(13-11-17)29(26,27)22-19-9-7-6-8-16(19)4/h6-13,15,22H,5,14H2,1-4H3. The van der Waals surface area contributed by atoms with Gasteiger partial charge in [-0.3, -0.25) is 14.3 Å². The summed E-state index contributed by atoms with van der Waals surface area (Å²) in [6.07, 6.45) is 0. The molecule has 0 atom stereocenters. The molecule has 1 N–H and O–H groups in total. The van der Waals surface area contributed by atoms with Gasteiger partial charge in [-0.1, -0.05) is 18.2 Å². The molecule has 0 spiro atoms. The number of para-hydroxylation sites is 1. The molecule has 0 heterocycles. The van der Waals surface area contributed by atoms with Gasteiger partial charge < -0.3 is 9.64 Å². The van der Waals surface area contributed by atoms with Crippen LogP contribution in [0, 0.1) is 6.92 Å². The lowest BCUT2D eigenvalue weighted by Gasteiger charge is -2.25. The fourth-order valence-corrected chi connectivity index (χ4v) is 3.80. The second-order valence-electron chi connectivity index (χ2n) is 6.78. The molecular formula is C21H26N2O5S. The molecule has 29 heavy (non-hydrogen) atoms. The van der Waals surface area contributed by atoms with Gasteiger partial charge in [0, 0.05) is 11.6 Å². The highest BCUT2D eigenvalue weighted by Gasteiger charge is 2.23. The fraction of sp³-hybridized carbons (Fsp3) is 0.333. The van der Waals surface area contributed by atoms with Gasteiger partial charge in [-0.05, 0) is 63.6 Å². The van der Waals surface area contributed by atoms with Gasteiger partial charge in [0.15, 0.2) is 0 Å². The van der Waals surface area contributed by atoms with Crippen LogP contribution in [0.25, 0.3) is 0 Å². The lowest BCUT2D eigenvalue weighted by atomic mass is 10.1. The Hall–Kier alpha value is -2.87. The number of ether oxygens (including phenoxy) is 1. The Morgan fingerprint density at radius 1 is 1.07 bits per heavy atom. The van der Waals surface area contributed by atoms with E-state index >= 15 is 0 Å². The highest BCUT2D eigenvalue weighted by Crippen LogP contribution is 2.20. The third kappa shape index (κ3) is 5.80. The molecule has 0 saturated carbocycles. The number of nitrogens with zero attached hydrogens (tertiary/aromatic N) is 1. The fourth-order valence-electron chi connectivity index (χ4n) is 2.67. The summed E-state index contributed by atoms with van der Waals surface area (Å²) >= 11 is 0. The van der Waals surface area contributed by atoms with Crippen LogP contribution in [0.4, 0.5) is 5.69 Å². The zero-order valence-corrected chi connectivity index (χ0v) is 17.8. The number of aryl methyl sites for hydroxylation is 1. The summed E-state index contributed by atoms with van der Waals surface area (Å²) in [6, 6.07) is 12.5. The van der Waals surface area contributed by atoms with Gasteiger partial charge in [-0.25, -0.2) is 8.42 Å². The third-order valence-corrected chi connectivity index (χ3v) is 5.67. The number of sulfonamides is 1. The van der Waals surface area contributed by atoms with E-state index in [1.54, 1.807) is 32.9 Å². The highest BCUT2D eigenvalue weighted by molar-refractivity contribution is 7.92. The van der Waals surface area contributed by atoms with E-state index in [-0.39, 0.29) is 35.6 Å². The number of amides is 1. The van der Waals surface area contributed by atoms with Crippen LogP contribution in [0.3, 0.4) is 0 Å². The molecule has 0 radical (unpaired) electrons. The molecular weight excluding hydrogens is 392 g/mol. The molecule has 2 aromatic rings. The SMILES string of the molecule is CCOC(=O)CN(C(=O)c1ccc(S(=O)(=O)Nc2ccccc2C)cc1)C(C)C. The molecule has 0 bridgehead atoms. The average Bonchev–Trinajstić information content (AvgIpc) is 2.67. The molecule has 8 heteroatoms. The Balaban J connectivity index is 2.20. The zero-order chi connectivity index (χ0) is 21.6. The zero-order valence-electron chi connectivity index (χ0n) is 17.0. The summed E-state index contributed by atoms with van der Waals surface area (Å²) in [5.41, 5.74) is 1.58. The van der Waals surface area contributed by atoms with E-state index in [1.807, 2.05) is 19.1 Å². The van der Waals surface area contributed by atoms with E-state index in [2.05, 4.69) is 4.72 Å². The van der Waals surface area contributed by atoms with Crippen molar-refractivity contribution in [3.63, 3.8) is 0 Å². The number of rotatable bonds is 8. The predicted octanol–water partition coefficient (Wildman–Crippen LogP) is 3.21. The highest BCUT2D eigenvalue weighted by atomic mass is 32.2. The Bertz CT molecular complexity index is 969. The first-order valence-corrected chi connectivity index (χ1v) is 10.8. The average molecular weight is 419 g/mol. The van der Waals surface area contributed by atoms with Crippen LogP contribution in [0.15, 0.2) is 53.4 Å². The monoisotopic (exact) mass is 418 g/mol. The molecule has 1 amide bonds. The first kappa shape index (κ1) is 22.4. The summed E-state index contributed by atoms with van der Waals surface area (Å²) in [4.78, 5) is 26.0. The van der Waals surface area contributed by atoms with Crippen LogP contribution in [-0.4, -0.2) is 44.4 Å². The van der Waals surface area contributed by atoms with Gasteiger partial charge in [0.05, 0.1) is 17.2 Å². The van der Waals surface area contributed by atoms with Gasteiger partial charge in [-0.2, -0.15) is 0 Å². The molecule has 0 aromatic heterocycles. The lowest BCUT2D eigenvalue weighted by Crippen LogP contribution is -2.41. The number of benzene rings is 2. The number of nitrogens with one attached hydrogen (secondary N) is 1. The summed E-state index contributed by atoms with van der Waals surface area (Å²) in [5.74, 6) is -0.861. The van der Waals surface area contributed by atoms with Crippen LogP contribution < -0.4 is 4.72 Å². The van der Waals surface area contributed by atoms with E-state index in [4.69, 9.17) is 4.74 Å². The van der Waals surface area contributed by atoms with Crippen molar-refractivity contribution in [3.05, 3.63) is 59.7 Å². The largest absolute Gasteiger partial charge is 0.465 e. The van der Waals surface area contributed by atoms with Crippen molar-refractivity contribution in [2.75, 3.05) is 17.9 Å². The topological polar surface area (TPSA) is 92.8 Å². The molecule has 2 aromatic carbocycles. The maximum absolute atomic E-state index is 12.8. The first-order chi connectivity index (χ1) is 13.7. The van der Waals surface area contributed by atoms with Crippen molar-refractivity contribution in [1.29, 1.82) is 0 Å². The molecule has 156 valence electrons. The molecule has 0 fully saturated rings. The van der Waals surface area contributed by atoms with Crippen LogP contribution >= 0.6 is 0 Å². The summed E-state index contributed by atoms with van der Waals surface area (Å²) in [5, 5.41) is 0. The Morgan fingerprint density at radius 3 is 2.24 bits per heavy atom. The number of esters is 1. The molecule has 0 aliphatic rings. The molecule has 0 unspecified atom stereocenters. The smallest absolute Gasteiger partial charge is 0.325 e. The minimum atomic E-state index is -3.79. The number of carbonyl (C=O) groups excluding carboxylic acids is 2. The van der Waals surface area contributed by atoms with Crippen LogP contribution in [0.5, 0.6) is 0 Å². The number of carbonyl (C=O) groups is 2. The minimum absolute atomic E-state index is 0.0405. The second kappa shape index (κ2) is 9.56. The maximum Gasteiger partial charge on any atom is 0.325 e. The van der Waals surface area contributed by atoms with Crippen molar-refractivity contribution in [1.82, 2.24) is 4.90 Å². The molecule has 0 saturated heterocycles. The third-order valence-electron chi connectivity index (χ3n) is 4.29. The van der Waals surface area contributed by atoms with E-state index in [1.165, 1.54) is 29.2 Å². The summed E-state index contributed by atoms with van der Waals surface area (Å²) in [7, 11) is -3.79. The van der Waals surface area contributed by atoms with Gasteiger partial charge in [0.2, 0.25) is 0 Å². The Labute approximate surface area is 171 Å². The van der Waals surface area contributed by atoms with E-state index in [0.717, 1.165) is 5.56 Å². The Morgan fingerprint density at radius 2 is 1.69 bits per heavy atom. The van der Waals surface area contributed by atoms with Crippen LogP contribution in [0.2, 0.25) is 0 Å². The number of hydrogen-bond donors (Lipinski definition) is 1. The predicted molar refractivity (Wildman–Crippen MR) is 111 cm³/mol. The van der Waals surface area contributed by atoms with Crippen LogP contribution in [0.1, 0.15) is 36.7 Å². The van der Waals surface area contributed by atoms with Crippen molar-refractivity contribution in [2.45, 2.75) is 38.6 Å². The summed E-state index contributed by atoms with van der Waals surface area (Å²) < 4.78 is 32.7. The molecule has 2 rings (SSSR count). The van der Waals surface area contributed by atoms with Crippen molar-refractivity contribution in [2.24, 2.45) is 0 Å². The van der Waals surface area contributed by atoms with E-state index in [9.17, 15) is 18.0 Å². The molecule has 7 nitrogen and oxygen atoms in total. The van der Waals surface area contributed by atoms with Crippen molar-refractivity contribution < 1.29 is 22.7 Å². The maximum atomic E-state index is 12.8. The van der Waals surface area contributed by atoms with Crippen LogP contribution in [-0.2, 0) is 19.6 Å². The lowest BCUT2D eigenvalue weighted by molar-refractivity contribution is -0.144. The van der Waals surface area contributed by atoms with Gasteiger partial charge in [0.25, 0.3) is 15.9 Å². The van der Waals surface area contributed by atoms with Crippen molar-refractivity contribution in [3.8, 4) is 0 Å². The summed E-state index contributed by atoms with van der Waals surface area (Å²) in [6.45, 7) is 7.16. The minimum Gasteiger partial charge on any atom is -0.465 e. The number of hydrogen-bond acceptors (Lipinski definition) is 5. The normalized spacial score (nSPS) is 11.2.